The van der Waals surface area contributed by atoms with Crippen molar-refractivity contribution in [3.8, 4) is 0 Å². The number of nitrogens with one attached hydrogen (secondary N) is 1. The first-order valence-electron chi connectivity index (χ1n) is 7.26. The zero-order valence-electron chi connectivity index (χ0n) is 11.2. The van der Waals surface area contributed by atoms with Gasteiger partial charge in [-0.1, -0.05) is 29.8 Å². The minimum Gasteiger partial charge on any atom is -0.375 e. The van der Waals surface area contributed by atoms with E-state index in [9.17, 15) is 0 Å². The number of hydrogen-bond acceptors (Lipinski definition) is 2. The second kappa shape index (κ2) is 5.41. The van der Waals surface area contributed by atoms with Gasteiger partial charge in [-0.05, 0) is 51.1 Å². The third kappa shape index (κ3) is 2.76. The minimum atomic E-state index is 0.461. The van der Waals surface area contributed by atoms with E-state index in [0.717, 1.165) is 13.0 Å². The van der Waals surface area contributed by atoms with Crippen LogP contribution in [0.1, 0.15) is 49.3 Å². The maximum atomic E-state index is 6.16. The van der Waals surface area contributed by atoms with Crippen LogP contribution in [-0.4, -0.2) is 18.8 Å². The lowest BCUT2D eigenvalue weighted by Gasteiger charge is -2.36. The van der Waals surface area contributed by atoms with Gasteiger partial charge < -0.3 is 10.1 Å². The van der Waals surface area contributed by atoms with E-state index < -0.39 is 0 Å². The Morgan fingerprint density at radius 2 is 1.83 bits per heavy atom. The predicted octanol–water partition coefficient (Wildman–Crippen LogP) is 3.36. The average molecular weight is 245 g/mol. The molecule has 1 aromatic rings. The Balaban J connectivity index is 1.60. The van der Waals surface area contributed by atoms with Crippen molar-refractivity contribution >= 4 is 0 Å². The van der Waals surface area contributed by atoms with Crippen molar-refractivity contribution in [1.29, 1.82) is 0 Å². The van der Waals surface area contributed by atoms with E-state index in [-0.39, 0.29) is 0 Å². The second-order valence-corrected chi connectivity index (χ2v) is 5.75. The van der Waals surface area contributed by atoms with Crippen LogP contribution in [0.3, 0.4) is 0 Å². The van der Waals surface area contributed by atoms with E-state index in [1.807, 2.05) is 0 Å². The zero-order chi connectivity index (χ0) is 12.4. The van der Waals surface area contributed by atoms with E-state index >= 15 is 0 Å². The molecule has 18 heavy (non-hydrogen) atoms. The van der Waals surface area contributed by atoms with Crippen LogP contribution in [0.25, 0.3) is 0 Å². The van der Waals surface area contributed by atoms with E-state index in [4.69, 9.17) is 4.74 Å². The molecular formula is C16H23NO. The number of hydrogen-bond donors (Lipinski definition) is 1. The zero-order valence-corrected chi connectivity index (χ0v) is 11.2. The summed E-state index contributed by atoms with van der Waals surface area (Å²) in [7, 11) is 0. The maximum absolute atomic E-state index is 6.16. The van der Waals surface area contributed by atoms with Crippen LogP contribution < -0.4 is 5.32 Å². The van der Waals surface area contributed by atoms with Gasteiger partial charge in [-0.2, -0.15) is 0 Å². The van der Waals surface area contributed by atoms with E-state index in [0.29, 0.717) is 18.2 Å². The van der Waals surface area contributed by atoms with Gasteiger partial charge in [0.2, 0.25) is 0 Å². The van der Waals surface area contributed by atoms with Gasteiger partial charge in [0.05, 0.1) is 12.2 Å². The molecule has 2 nitrogen and oxygen atoms in total. The van der Waals surface area contributed by atoms with Crippen LogP contribution in [0.15, 0.2) is 24.3 Å². The molecular weight excluding hydrogens is 222 g/mol. The maximum Gasteiger partial charge on any atom is 0.0609 e. The molecule has 0 aromatic heterocycles. The standard InChI is InChI=1S/C16H23NO/c1-12-5-7-13(8-6-12)16-11-15(9-10-17-16)18-14-3-2-4-14/h5-8,14-17H,2-4,9-11H2,1H3/t15-,16?/m0/s1. The smallest absolute Gasteiger partial charge is 0.0609 e. The van der Waals surface area contributed by atoms with E-state index in [2.05, 4.69) is 36.5 Å². The molecule has 2 heteroatoms. The van der Waals surface area contributed by atoms with E-state index in [1.165, 1.54) is 36.8 Å². The van der Waals surface area contributed by atoms with Gasteiger partial charge in [0.15, 0.2) is 0 Å². The summed E-state index contributed by atoms with van der Waals surface area (Å²) in [5.41, 5.74) is 2.74. The van der Waals surface area contributed by atoms with Crippen LogP contribution in [0, 0.1) is 6.92 Å². The van der Waals surface area contributed by atoms with Crippen molar-refractivity contribution in [1.82, 2.24) is 5.32 Å². The van der Waals surface area contributed by atoms with Crippen LogP contribution in [-0.2, 0) is 4.74 Å². The summed E-state index contributed by atoms with van der Waals surface area (Å²) >= 11 is 0. The van der Waals surface area contributed by atoms with Crippen LogP contribution in [0.4, 0.5) is 0 Å². The fourth-order valence-corrected chi connectivity index (χ4v) is 2.84. The van der Waals surface area contributed by atoms with Crippen LogP contribution >= 0.6 is 0 Å². The van der Waals surface area contributed by atoms with Crippen molar-refractivity contribution < 1.29 is 4.74 Å². The molecule has 1 saturated carbocycles. The Hall–Kier alpha value is -0.860. The second-order valence-electron chi connectivity index (χ2n) is 5.75. The van der Waals surface area contributed by atoms with Crippen molar-refractivity contribution in [2.24, 2.45) is 0 Å². The Labute approximate surface area is 110 Å². The molecule has 1 aliphatic heterocycles. The molecule has 3 rings (SSSR count). The van der Waals surface area contributed by atoms with Gasteiger partial charge in [-0.25, -0.2) is 0 Å². The monoisotopic (exact) mass is 245 g/mol. The first-order chi connectivity index (χ1) is 8.81. The molecule has 0 spiro atoms. The lowest BCUT2D eigenvalue weighted by Crippen LogP contribution is -2.38. The minimum absolute atomic E-state index is 0.461. The van der Waals surface area contributed by atoms with Gasteiger partial charge in [-0.15, -0.1) is 0 Å². The molecule has 2 fully saturated rings. The summed E-state index contributed by atoms with van der Waals surface area (Å²) in [4.78, 5) is 0. The Kier molecular flexibility index (Phi) is 3.67. The molecule has 98 valence electrons. The molecule has 1 N–H and O–H groups in total. The topological polar surface area (TPSA) is 21.3 Å². The third-order valence-corrected chi connectivity index (χ3v) is 4.27. The predicted molar refractivity (Wildman–Crippen MR) is 73.7 cm³/mol. The van der Waals surface area contributed by atoms with Crippen LogP contribution in [0.2, 0.25) is 0 Å². The van der Waals surface area contributed by atoms with Gasteiger partial charge in [0.1, 0.15) is 0 Å². The van der Waals surface area contributed by atoms with Crippen molar-refractivity contribution in [2.45, 2.75) is 57.3 Å². The number of aryl methyl sites for hydroxylation is 1. The fourth-order valence-electron chi connectivity index (χ4n) is 2.84. The summed E-state index contributed by atoms with van der Waals surface area (Å²) in [5, 5.41) is 3.61. The number of benzene rings is 1. The molecule has 1 aromatic carbocycles. The molecule has 0 amide bonds. The highest BCUT2D eigenvalue weighted by atomic mass is 16.5. The van der Waals surface area contributed by atoms with Crippen molar-refractivity contribution in [2.75, 3.05) is 6.54 Å². The number of ether oxygens (including phenoxy) is 1. The molecule has 1 saturated heterocycles. The number of piperidine rings is 1. The molecule has 1 heterocycles. The summed E-state index contributed by atoms with van der Waals surface area (Å²) < 4.78 is 6.16. The van der Waals surface area contributed by atoms with Gasteiger partial charge >= 0.3 is 0 Å². The van der Waals surface area contributed by atoms with Gasteiger partial charge in [-0.3, -0.25) is 0 Å². The molecule has 0 radical (unpaired) electrons. The normalized spacial score (nSPS) is 28.9. The highest BCUT2D eigenvalue weighted by Gasteiger charge is 2.27. The third-order valence-electron chi connectivity index (χ3n) is 4.27. The lowest BCUT2D eigenvalue weighted by molar-refractivity contribution is -0.0677. The molecule has 1 unspecified atom stereocenters. The largest absolute Gasteiger partial charge is 0.375 e. The SMILES string of the molecule is Cc1ccc(C2C[C@@H](OC3CCC3)CCN2)cc1. The van der Waals surface area contributed by atoms with Gasteiger partial charge in [0, 0.05) is 6.04 Å². The highest BCUT2D eigenvalue weighted by Crippen LogP contribution is 2.30. The Bertz CT molecular complexity index is 383. The summed E-state index contributed by atoms with van der Waals surface area (Å²) in [6.45, 7) is 3.22. The molecule has 2 aliphatic rings. The molecule has 1 aliphatic carbocycles. The number of rotatable bonds is 3. The van der Waals surface area contributed by atoms with Crippen LogP contribution in [0.5, 0.6) is 0 Å². The molecule has 2 atom stereocenters. The van der Waals surface area contributed by atoms with Crippen molar-refractivity contribution in [3.63, 3.8) is 0 Å². The van der Waals surface area contributed by atoms with E-state index in [1.54, 1.807) is 0 Å². The summed E-state index contributed by atoms with van der Waals surface area (Å²) in [6.07, 6.45) is 7.22. The molecule has 0 bridgehead atoms. The highest BCUT2D eigenvalue weighted by molar-refractivity contribution is 5.24. The first kappa shape index (κ1) is 12.2. The lowest BCUT2D eigenvalue weighted by atomic mass is 9.92. The van der Waals surface area contributed by atoms with Gasteiger partial charge in [0.25, 0.3) is 0 Å². The van der Waals surface area contributed by atoms with Crippen molar-refractivity contribution in [3.05, 3.63) is 35.4 Å². The fraction of sp³-hybridized carbons (Fsp3) is 0.625. The summed E-state index contributed by atoms with van der Waals surface area (Å²) in [6, 6.07) is 9.38. The quantitative estimate of drug-likeness (QED) is 0.881. The first-order valence-corrected chi connectivity index (χ1v) is 7.26. The summed E-state index contributed by atoms with van der Waals surface area (Å²) in [5.74, 6) is 0. The Morgan fingerprint density at radius 1 is 1.06 bits per heavy atom. The Morgan fingerprint density at radius 3 is 2.50 bits per heavy atom. The average Bonchev–Trinajstić information content (AvgIpc) is 2.35.